The van der Waals surface area contributed by atoms with Gasteiger partial charge in [-0.25, -0.2) is 0 Å². The van der Waals surface area contributed by atoms with Crippen LogP contribution in [0.5, 0.6) is 0 Å². The van der Waals surface area contributed by atoms with Crippen LogP contribution in [0.3, 0.4) is 0 Å². The average Bonchev–Trinajstić information content (AvgIpc) is 2.04. The van der Waals surface area contributed by atoms with Crippen molar-refractivity contribution in [2.45, 2.75) is 66.8 Å². The Morgan fingerprint density at radius 3 is 1.93 bits per heavy atom. The van der Waals surface area contributed by atoms with E-state index in [9.17, 15) is 0 Å². The summed E-state index contributed by atoms with van der Waals surface area (Å²) in [6.07, 6.45) is 3.91. The zero-order valence-electron chi connectivity index (χ0n) is 11.0. The van der Waals surface area contributed by atoms with E-state index >= 15 is 0 Å². The zero-order valence-corrected chi connectivity index (χ0v) is 11.0. The van der Waals surface area contributed by atoms with E-state index in [1.54, 1.807) is 0 Å². The average molecular weight is 199 g/mol. The minimum atomic E-state index is 0.491. The standard InChI is InChI=1S/C13H29N/c1-7-12(8-2)13(5,6)9-10-14-11(3)4/h11-12,14H,7-10H2,1-6H3. The summed E-state index contributed by atoms with van der Waals surface area (Å²) in [4.78, 5) is 0. The van der Waals surface area contributed by atoms with Gasteiger partial charge in [0.1, 0.15) is 0 Å². The third-order valence-corrected chi connectivity index (χ3v) is 3.41. The van der Waals surface area contributed by atoms with E-state index in [1.807, 2.05) is 0 Å². The topological polar surface area (TPSA) is 12.0 Å². The summed E-state index contributed by atoms with van der Waals surface area (Å²) in [6.45, 7) is 15.0. The Balaban J connectivity index is 3.92. The van der Waals surface area contributed by atoms with Crippen molar-refractivity contribution < 1.29 is 0 Å². The Kier molecular flexibility index (Phi) is 6.43. The zero-order chi connectivity index (χ0) is 11.2. The molecule has 0 radical (unpaired) electrons. The lowest BCUT2D eigenvalue weighted by molar-refractivity contribution is 0.180. The molecule has 1 heteroatoms. The lowest BCUT2D eigenvalue weighted by Gasteiger charge is -2.33. The van der Waals surface area contributed by atoms with Crippen LogP contribution in [0.4, 0.5) is 0 Å². The van der Waals surface area contributed by atoms with Crippen molar-refractivity contribution in [3.05, 3.63) is 0 Å². The molecule has 0 unspecified atom stereocenters. The van der Waals surface area contributed by atoms with Crippen LogP contribution in [0.25, 0.3) is 0 Å². The summed E-state index contributed by atoms with van der Waals surface area (Å²) in [7, 11) is 0. The van der Waals surface area contributed by atoms with Crippen molar-refractivity contribution >= 4 is 0 Å². The summed E-state index contributed by atoms with van der Waals surface area (Å²) >= 11 is 0. The molecule has 1 nitrogen and oxygen atoms in total. The second kappa shape index (κ2) is 6.44. The lowest BCUT2D eigenvalue weighted by atomic mass is 9.73. The molecule has 0 atom stereocenters. The maximum absolute atomic E-state index is 3.50. The van der Waals surface area contributed by atoms with E-state index in [4.69, 9.17) is 0 Å². The van der Waals surface area contributed by atoms with Crippen LogP contribution >= 0.6 is 0 Å². The van der Waals surface area contributed by atoms with Crippen LogP contribution < -0.4 is 5.32 Å². The Morgan fingerprint density at radius 2 is 1.57 bits per heavy atom. The molecule has 0 aromatic heterocycles. The molecule has 0 heterocycles. The fraction of sp³-hybridized carbons (Fsp3) is 1.00. The van der Waals surface area contributed by atoms with Crippen molar-refractivity contribution in [2.75, 3.05) is 6.54 Å². The first-order valence-corrected chi connectivity index (χ1v) is 6.17. The van der Waals surface area contributed by atoms with Gasteiger partial charge in [-0.15, -0.1) is 0 Å². The Hall–Kier alpha value is -0.0400. The van der Waals surface area contributed by atoms with Crippen molar-refractivity contribution in [2.24, 2.45) is 11.3 Å². The molecular formula is C13H29N. The highest BCUT2D eigenvalue weighted by Crippen LogP contribution is 2.34. The van der Waals surface area contributed by atoms with Crippen LogP contribution in [0.15, 0.2) is 0 Å². The van der Waals surface area contributed by atoms with Crippen LogP contribution in [-0.4, -0.2) is 12.6 Å². The highest BCUT2D eigenvalue weighted by atomic mass is 14.9. The fourth-order valence-corrected chi connectivity index (χ4v) is 2.28. The number of hydrogen-bond donors (Lipinski definition) is 1. The minimum Gasteiger partial charge on any atom is -0.315 e. The molecule has 0 aromatic carbocycles. The molecule has 0 amide bonds. The van der Waals surface area contributed by atoms with Gasteiger partial charge in [0.15, 0.2) is 0 Å². The molecule has 86 valence electrons. The largest absolute Gasteiger partial charge is 0.315 e. The summed E-state index contributed by atoms with van der Waals surface area (Å²) in [5.41, 5.74) is 0.491. The number of rotatable bonds is 7. The van der Waals surface area contributed by atoms with Gasteiger partial charge in [-0.1, -0.05) is 54.4 Å². The molecule has 1 N–H and O–H groups in total. The molecule has 0 aliphatic heterocycles. The van der Waals surface area contributed by atoms with Gasteiger partial charge in [0, 0.05) is 6.04 Å². The van der Waals surface area contributed by atoms with E-state index in [1.165, 1.54) is 19.3 Å². The molecule has 0 saturated carbocycles. The van der Waals surface area contributed by atoms with Crippen molar-refractivity contribution in [3.63, 3.8) is 0 Å². The maximum atomic E-state index is 3.50. The molecule has 0 rings (SSSR count). The maximum Gasteiger partial charge on any atom is 0.00103 e. The first-order valence-electron chi connectivity index (χ1n) is 6.17. The molecule has 0 aliphatic rings. The first kappa shape index (κ1) is 14.0. The Morgan fingerprint density at radius 1 is 1.07 bits per heavy atom. The van der Waals surface area contributed by atoms with Crippen LogP contribution in [0.1, 0.15) is 60.8 Å². The number of nitrogens with one attached hydrogen (secondary N) is 1. The molecule has 0 fully saturated rings. The highest BCUT2D eigenvalue weighted by Gasteiger charge is 2.25. The fourth-order valence-electron chi connectivity index (χ4n) is 2.28. The van der Waals surface area contributed by atoms with E-state index in [0.717, 1.165) is 12.5 Å². The van der Waals surface area contributed by atoms with Gasteiger partial charge in [-0.2, -0.15) is 0 Å². The van der Waals surface area contributed by atoms with E-state index in [2.05, 4.69) is 46.9 Å². The normalized spacial score (nSPS) is 12.9. The van der Waals surface area contributed by atoms with E-state index < -0.39 is 0 Å². The quantitative estimate of drug-likeness (QED) is 0.657. The van der Waals surface area contributed by atoms with E-state index in [-0.39, 0.29) is 0 Å². The molecular weight excluding hydrogens is 170 g/mol. The molecule has 0 bridgehead atoms. The first-order chi connectivity index (χ1) is 6.44. The van der Waals surface area contributed by atoms with Crippen LogP contribution in [-0.2, 0) is 0 Å². The van der Waals surface area contributed by atoms with Gasteiger partial charge < -0.3 is 5.32 Å². The number of hydrogen-bond acceptors (Lipinski definition) is 1. The third-order valence-electron chi connectivity index (χ3n) is 3.41. The van der Waals surface area contributed by atoms with Gasteiger partial charge in [-0.05, 0) is 24.3 Å². The Bertz CT molecular complexity index is 134. The summed E-state index contributed by atoms with van der Waals surface area (Å²) in [6, 6.07) is 0.618. The van der Waals surface area contributed by atoms with Crippen molar-refractivity contribution in [1.82, 2.24) is 5.32 Å². The molecule has 0 aromatic rings. The molecule has 0 spiro atoms. The molecule has 0 aliphatic carbocycles. The second-order valence-corrected chi connectivity index (χ2v) is 5.36. The molecule has 0 saturated heterocycles. The van der Waals surface area contributed by atoms with Crippen LogP contribution in [0, 0.1) is 11.3 Å². The van der Waals surface area contributed by atoms with Gasteiger partial charge in [0.25, 0.3) is 0 Å². The smallest absolute Gasteiger partial charge is 0.00103 e. The van der Waals surface area contributed by atoms with Gasteiger partial charge in [-0.3, -0.25) is 0 Å². The van der Waals surface area contributed by atoms with Crippen molar-refractivity contribution in [3.8, 4) is 0 Å². The lowest BCUT2D eigenvalue weighted by Crippen LogP contribution is -2.31. The SMILES string of the molecule is CCC(CC)C(C)(C)CCNC(C)C. The van der Waals surface area contributed by atoms with Gasteiger partial charge in [0.2, 0.25) is 0 Å². The predicted molar refractivity (Wildman–Crippen MR) is 65.6 cm³/mol. The predicted octanol–water partition coefficient (Wildman–Crippen LogP) is 3.84. The highest BCUT2D eigenvalue weighted by molar-refractivity contribution is 4.77. The van der Waals surface area contributed by atoms with Gasteiger partial charge in [0.05, 0.1) is 0 Å². The summed E-state index contributed by atoms with van der Waals surface area (Å²) in [5.74, 6) is 0.872. The van der Waals surface area contributed by atoms with E-state index in [0.29, 0.717) is 11.5 Å². The van der Waals surface area contributed by atoms with Gasteiger partial charge >= 0.3 is 0 Å². The Labute approximate surface area is 90.7 Å². The minimum absolute atomic E-state index is 0.491. The summed E-state index contributed by atoms with van der Waals surface area (Å²) < 4.78 is 0. The third kappa shape index (κ3) is 4.99. The monoisotopic (exact) mass is 199 g/mol. The molecule has 14 heavy (non-hydrogen) atoms. The van der Waals surface area contributed by atoms with Crippen LogP contribution in [0.2, 0.25) is 0 Å². The second-order valence-electron chi connectivity index (χ2n) is 5.36. The summed E-state index contributed by atoms with van der Waals surface area (Å²) in [5, 5.41) is 3.50. The van der Waals surface area contributed by atoms with Crippen molar-refractivity contribution in [1.29, 1.82) is 0 Å².